The smallest absolute Gasteiger partial charge is 0.266 e. The molecule has 1 amide bonds. The second kappa shape index (κ2) is 8.01. The first-order valence-electron chi connectivity index (χ1n) is 8.47. The van der Waals surface area contributed by atoms with Crippen molar-refractivity contribution in [3.8, 4) is 10.8 Å². The number of hydrogen-bond acceptors (Lipinski definition) is 10. The van der Waals surface area contributed by atoms with Crippen molar-refractivity contribution in [2.75, 3.05) is 0 Å². The van der Waals surface area contributed by atoms with Crippen molar-refractivity contribution in [3.05, 3.63) is 47.1 Å². The number of para-hydroxylation sites is 1. The highest BCUT2D eigenvalue weighted by Crippen LogP contribution is 2.36. The topological polar surface area (TPSA) is 127 Å². The van der Waals surface area contributed by atoms with Crippen molar-refractivity contribution in [3.63, 3.8) is 0 Å². The number of benzene rings is 1. The van der Waals surface area contributed by atoms with Crippen LogP contribution >= 0.6 is 35.3 Å². The number of carboxylic acid groups (broad SMARTS) is 2. The molecule has 3 heterocycles. The Morgan fingerprint density at radius 3 is 2.70 bits per heavy atom. The summed E-state index contributed by atoms with van der Waals surface area (Å²) < 4.78 is 6.69. The number of furan rings is 1. The van der Waals surface area contributed by atoms with E-state index in [1.54, 1.807) is 12.1 Å². The van der Waals surface area contributed by atoms with Crippen LogP contribution < -0.4 is 10.2 Å². The number of fused-ring (bicyclic) bond motifs is 1. The second-order valence-electron chi connectivity index (χ2n) is 6.15. The molecule has 1 fully saturated rings. The first-order valence-corrected chi connectivity index (χ1v) is 10.5. The van der Waals surface area contributed by atoms with Gasteiger partial charge in [0.25, 0.3) is 5.91 Å². The van der Waals surface area contributed by atoms with E-state index in [0.29, 0.717) is 21.4 Å². The molecule has 1 saturated heterocycles. The van der Waals surface area contributed by atoms with Crippen LogP contribution in [0, 0.1) is 0 Å². The Labute approximate surface area is 182 Å². The van der Waals surface area contributed by atoms with Gasteiger partial charge >= 0.3 is 0 Å². The summed E-state index contributed by atoms with van der Waals surface area (Å²) in [5, 5.41) is 22.8. The van der Waals surface area contributed by atoms with E-state index in [4.69, 9.17) is 16.6 Å². The van der Waals surface area contributed by atoms with E-state index in [-0.39, 0.29) is 9.23 Å². The Balaban J connectivity index is 1.59. The molecule has 2 aromatic heterocycles. The molecule has 0 unspecified atom stereocenters. The molecule has 3 aromatic rings. The van der Waals surface area contributed by atoms with Gasteiger partial charge in [-0.2, -0.15) is 0 Å². The molecule has 8 nitrogen and oxygen atoms in total. The molecule has 1 atom stereocenters. The molecule has 1 aliphatic heterocycles. The Morgan fingerprint density at radius 1 is 1.23 bits per heavy atom. The van der Waals surface area contributed by atoms with Crippen LogP contribution in [0.25, 0.3) is 27.1 Å². The minimum atomic E-state index is -1.75. The summed E-state index contributed by atoms with van der Waals surface area (Å²) in [6.07, 6.45) is 0.492. The lowest BCUT2D eigenvalue weighted by Crippen LogP contribution is -2.52. The van der Waals surface area contributed by atoms with E-state index in [0.717, 1.165) is 22.0 Å². The van der Waals surface area contributed by atoms with Gasteiger partial charge in [0.05, 0.1) is 27.1 Å². The largest absolute Gasteiger partial charge is 0.550 e. The minimum absolute atomic E-state index is 0.0837. The van der Waals surface area contributed by atoms with Crippen molar-refractivity contribution in [1.82, 2.24) is 9.88 Å². The number of carbonyl (C=O) groups is 3. The molecule has 11 heteroatoms. The highest BCUT2D eigenvalue weighted by Gasteiger charge is 2.38. The molecule has 0 bridgehead atoms. The van der Waals surface area contributed by atoms with E-state index in [9.17, 15) is 24.6 Å². The van der Waals surface area contributed by atoms with Gasteiger partial charge in [0.15, 0.2) is 10.8 Å². The molecule has 1 aromatic carbocycles. The van der Waals surface area contributed by atoms with E-state index in [1.807, 2.05) is 24.3 Å². The van der Waals surface area contributed by atoms with Crippen molar-refractivity contribution >= 4 is 73.8 Å². The number of nitrogens with zero attached hydrogens (tertiary/aromatic N) is 2. The SMILES string of the molecule is O=C([O-])C[C@@H](C(=O)[O-])N1C(=O)/C(=C/c2ccc(-c3nc4ccccc4s3)o2)SC1=S. The molecule has 152 valence electrons. The number of aliphatic carboxylic acids is 2. The van der Waals surface area contributed by atoms with E-state index in [2.05, 4.69) is 4.98 Å². The number of carboxylic acids is 2. The van der Waals surface area contributed by atoms with Crippen molar-refractivity contribution in [2.24, 2.45) is 0 Å². The first-order chi connectivity index (χ1) is 14.3. The third kappa shape index (κ3) is 3.86. The molecule has 1 aliphatic rings. The fraction of sp³-hybridized carbons (Fsp3) is 0.105. The third-order valence-electron chi connectivity index (χ3n) is 4.17. The molecule has 0 radical (unpaired) electrons. The maximum atomic E-state index is 12.6. The molecular formula is C19H10N2O6S3-2. The predicted octanol–water partition coefficient (Wildman–Crippen LogP) is 1.02. The fourth-order valence-corrected chi connectivity index (χ4v) is 5.10. The van der Waals surface area contributed by atoms with Gasteiger partial charge in [-0.1, -0.05) is 36.1 Å². The summed E-state index contributed by atoms with van der Waals surface area (Å²) in [5.41, 5.74) is 0.845. The van der Waals surface area contributed by atoms with Crippen LogP contribution in [-0.2, 0) is 14.4 Å². The van der Waals surface area contributed by atoms with Gasteiger partial charge in [0, 0.05) is 18.5 Å². The fourth-order valence-electron chi connectivity index (χ4n) is 2.84. The van der Waals surface area contributed by atoms with Crippen LogP contribution in [0.3, 0.4) is 0 Å². The predicted molar refractivity (Wildman–Crippen MR) is 111 cm³/mol. The van der Waals surface area contributed by atoms with Crippen LogP contribution in [0.4, 0.5) is 0 Å². The highest BCUT2D eigenvalue weighted by atomic mass is 32.2. The zero-order valence-electron chi connectivity index (χ0n) is 14.9. The van der Waals surface area contributed by atoms with Gasteiger partial charge in [-0.3, -0.25) is 9.69 Å². The van der Waals surface area contributed by atoms with Crippen LogP contribution in [0.2, 0.25) is 0 Å². The average molecular weight is 458 g/mol. The summed E-state index contributed by atoms with van der Waals surface area (Å²) in [5.74, 6) is -3.24. The van der Waals surface area contributed by atoms with Crippen molar-refractivity contribution in [2.45, 2.75) is 12.5 Å². The van der Waals surface area contributed by atoms with Gasteiger partial charge in [-0.15, -0.1) is 11.3 Å². The quantitative estimate of drug-likeness (QED) is 0.393. The van der Waals surface area contributed by atoms with Crippen LogP contribution in [0.5, 0.6) is 0 Å². The number of thioether (sulfide) groups is 1. The first kappa shape index (κ1) is 20.3. The molecular weight excluding hydrogens is 448 g/mol. The lowest BCUT2D eigenvalue weighted by Gasteiger charge is -2.27. The highest BCUT2D eigenvalue weighted by molar-refractivity contribution is 8.26. The standard InChI is InChI=1S/C19H12N2O6S3/c22-15(23)8-11(18(25)26)21-17(24)14(30-19(21)28)7-9-5-6-12(27-9)16-20-10-3-1-2-4-13(10)29-16/h1-7,11H,8H2,(H,22,23)(H,25,26)/p-2/b14-7-/t11-/m0/s1. The van der Waals surface area contributed by atoms with Crippen molar-refractivity contribution in [1.29, 1.82) is 0 Å². The minimum Gasteiger partial charge on any atom is -0.550 e. The number of thiocarbonyl (C=S) groups is 1. The van der Waals surface area contributed by atoms with Gasteiger partial charge in [0.2, 0.25) is 0 Å². The Morgan fingerprint density at radius 2 is 2.00 bits per heavy atom. The lowest BCUT2D eigenvalue weighted by atomic mass is 10.2. The zero-order chi connectivity index (χ0) is 21.4. The van der Waals surface area contributed by atoms with E-state index < -0.39 is 30.3 Å². The van der Waals surface area contributed by atoms with Gasteiger partial charge in [0.1, 0.15) is 10.1 Å². The zero-order valence-corrected chi connectivity index (χ0v) is 17.3. The van der Waals surface area contributed by atoms with Gasteiger partial charge < -0.3 is 24.2 Å². The summed E-state index contributed by atoms with van der Waals surface area (Å²) >= 11 is 7.37. The number of carbonyl (C=O) groups excluding carboxylic acids is 3. The Hall–Kier alpha value is -3.02. The maximum Gasteiger partial charge on any atom is 0.266 e. The van der Waals surface area contributed by atoms with Gasteiger partial charge in [-0.05, 0) is 24.3 Å². The molecule has 4 rings (SSSR count). The third-order valence-corrected chi connectivity index (χ3v) is 6.55. The summed E-state index contributed by atoms with van der Waals surface area (Å²) in [7, 11) is 0. The van der Waals surface area contributed by atoms with Crippen LogP contribution in [0.1, 0.15) is 12.2 Å². The number of rotatable bonds is 6. The number of hydrogen-bond donors (Lipinski definition) is 0. The molecule has 30 heavy (non-hydrogen) atoms. The normalized spacial score (nSPS) is 16.5. The van der Waals surface area contributed by atoms with Crippen LogP contribution in [-0.4, -0.2) is 38.1 Å². The molecule has 0 aliphatic carbocycles. The van der Waals surface area contributed by atoms with E-state index >= 15 is 0 Å². The average Bonchev–Trinajstić information content (AvgIpc) is 3.38. The molecule has 0 N–H and O–H groups in total. The number of thiazole rings is 1. The summed E-state index contributed by atoms with van der Waals surface area (Å²) in [4.78, 5) is 40.1. The summed E-state index contributed by atoms with van der Waals surface area (Å²) in [6, 6.07) is 9.26. The second-order valence-corrected chi connectivity index (χ2v) is 8.86. The summed E-state index contributed by atoms with van der Waals surface area (Å²) in [6.45, 7) is 0. The lowest BCUT2D eigenvalue weighted by molar-refractivity contribution is -0.319. The van der Waals surface area contributed by atoms with Gasteiger partial charge in [-0.25, -0.2) is 4.98 Å². The monoisotopic (exact) mass is 458 g/mol. The number of amides is 1. The molecule has 0 spiro atoms. The maximum absolute atomic E-state index is 12.6. The number of aromatic nitrogens is 1. The van der Waals surface area contributed by atoms with Crippen molar-refractivity contribution < 1.29 is 29.0 Å². The van der Waals surface area contributed by atoms with Crippen LogP contribution in [0.15, 0.2) is 45.7 Å². The Kier molecular flexibility index (Phi) is 5.41. The Bertz CT molecular complexity index is 1190. The molecule has 0 saturated carbocycles. The van der Waals surface area contributed by atoms with E-state index in [1.165, 1.54) is 17.4 Å².